The fourth-order valence-electron chi connectivity index (χ4n) is 4.29. The first-order valence-corrected chi connectivity index (χ1v) is 11.4. The molecule has 4 rings (SSSR count). The van der Waals surface area contributed by atoms with Gasteiger partial charge >= 0.3 is 0 Å². The van der Waals surface area contributed by atoms with Crippen LogP contribution < -0.4 is 0 Å². The predicted molar refractivity (Wildman–Crippen MR) is 121 cm³/mol. The summed E-state index contributed by atoms with van der Waals surface area (Å²) in [6.45, 7) is 8.78. The highest BCUT2D eigenvalue weighted by atomic mass is 32.2. The average Bonchev–Trinajstić information content (AvgIpc) is 3.04. The van der Waals surface area contributed by atoms with Crippen LogP contribution in [0.15, 0.2) is 58.4 Å². The summed E-state index contributed by atoms with van der Waals surface area (Å²) in [4.78, 5) is 11.7. The van der Waals surface area contributed by atoms with Gasteiger partial charge in [-0.15, -0.1) is 11.8 Å². The number of benzene rings is 2. The highest BCUT2D eigenvalue weighted by Crippen LogP contribution is 2.43. The Hall–Kier alpha value is -1.78. The van der Waals surface area contributed by atoms with Gasteiger partial charge in [0.1, 0.15) is 5.84 Å². The van der Waals surface area contributed by atoms with Gasteiger partial charge in [0.25, 0.3) is 0 Å². The Kier molecular flexibility index (Phi) is 5.79. The van der Waals surface area contributed by atoms with Crippen LogP contribution in [-0.2, 0) is 5.54 Å². The molecular formula is C24H31N3S. The van der Waals surface area contributed by atoms with Gasteiger partial charge in [0, 0.05) is 42.4 Å². The van der Waals surface area contributed by atoms with E-state index >= 15 is 0 Å². The zero-order valence-corrected chi connectivity index (χ0v) is 18.1. The number of aryl methyl sites for hydroxylation is 1. The van der Waals surface area contributed by atoms with E-state index in [0.717, 1.165) is 44.8 Å². The summed E-state index contributed by atoms with van der Waals surface area (Å²) in [6, 6.07) is 17.8. The number of hydrogen-bond donors (Lipinski definition) is 0. The van der Waals surface area contributed by atoms with Gasteiger partial charge in [-0.1, -0.05) is 55.3 Å². The molecule has 2 aromatic rings. The maximum absolute atomic E-state index is 5.46. The SMILES string of the molecule is CCCC1(CSc2ccc(C)cc2)N=C(N2CCN(C)CC2)c2ccccc21. The van der Waals surface area contributed by atoms with Crippen molar-refractivity contribution >= 4 is 17.6 Å². The number of fused-ring (bicyclic) bond motifs is 1. The zero-order chi connectivity index (χ0) is 19.6. The second-order valence-corrected chi connectivity index (χ2v) is 9.20. The maximum atomic E-state index is 5.46. The Morgan fingerprint density at radius 3 is 2.43 bits per heavy atom. The van der Waals surface area contributed by atoms with Crippen LogP contribution in [0.1, 0.15) is 36.5 Å². The molecule has 0 amide bonds. The van der Waals surface area contributed by atoms with Gasteiger partial charge in [0.2, 0.25) is 0 Å². The second kappa shape index (κ2) is 8.30. The number of thioether (sulfide) groups is 1. The van der Waals surface area contributed by atoms with Gasteiger partial charge in [0.05, 0.1) is 5.54 Å². The van der Waals surface area contributed by atoms with Crippen molar-refractivity contribution in [3.05, 3.63) is 65.2 Å². The van der Waals surface area contributed by atoms with Crippen LogP contribution in [0, 0.1) is 6.92 Å². The smallest absolute Gasteiger partial charge is 0.132 e. The molecule has 2 heterocycles. The van der Waals surface area contributed by atoms with Gasteiger partial charge in [-0.05, 0) is 38.1 Å². The lowest BCUT2D eigenvalue weighted by atomic mass is 9.87. The van der Waals surface area contributed by atoms with Gasteiger partial charge in [-0.3, -0.25) is 4.99 Å². The van der Waals surface area contributed by atoms with E-state index in [1.165, 1.54) is 27.4 Å². The standard InChI is InChI=1S/C24H31N3S/c1-4-13-24(18-28-20-11-9-19(2)10-12-20)22-8-6-5-7-21(22)23(25-24)27-16-14-26(3)15-17-27/h5-12H,4,13-18H2,1-3H3. The highest BCUT2D eigenvalue weighted by molar-refractivity contribution is 7.99. The van der Waals surface area contributed by atoms with E-state index in [9.17, 15) is 0 Å². The van der Waals surface area contributed by atoms with Crippen LogP contribution >= 0.6 is 11.8 Å². The van der Waals surface area contributed by atoms with Gasteiger partial charge in [0.15, 0.2) is 0 Å². The largest absolute Gasteiger partial charge is 0.354 e. The number of likely N-dealkylation sites (N-methyl/N-ethyl adjacent to an activating group) is 1. The van der Waals surface area contributed by atoms with Gasteiger partial charge < -0.3 is 9.80 Å². The van der Waals surface area contributed by atoms with Crippen LogP contribution in [0.5, 0.6) is 0 Å². The molecule has 0 N–H and O–H groups in total. The van der Waals surface area contributed by atoms with E-state index in [4.69, 9.17) is 4.99 Å². The normalized spacial score (nSPS) is 22.2. The van der Waals surface area contributed by atoms with Crippen LogP contribution in [-0.4, -0.2) is 54.6 Å². The first-order chi connectivity index (χ1) is 13.6. The van der Waals surface area contributed by atoms with Crippen LogP contribution in [0.4, 0.5) is 0 Å². The van der Waals surface area contributed by atoms with Gasteiger partial charge in [-0.25, -0.2) is 0 Å². The highest BCUT2D eigenvalue weighted by Gasteiger charge is 2.41. The van der Waals surface area contributed by atoms with Crippen molar-refractivity contribution in [2.45, 2.75) is 37.1 Å². The quantitative estimate of drug-likeness (QED) is 0.681. The molecule has 2 aliphatic heterocycles. The van der Waals surface area contributed by atoms with Crippen molar-refractivity contribution in [3.63, 3.8) is 0 Å². The minimum Gasteiger partial charge on any atom is -0.354 e. The summed E-state index contributed by atoms with van der Waals surface area (Å²) in [5, 5.41) is 0. The van der Waals surface area contributed by atoms with Crippen molar-refractivity contribution in [1.29, 1.82) is 0 Å². The maximum Gasteiger partial charge on any atom is 0.132 e. The molecule has 148 valence electrons. The van der Waals surface area contributed by atoms with E-state index in [1.807, 2.05) is 11.8 Å². The molecule has 1 fully saturated rings. The third-order valence-corrected chi connectivity index (χ3v) is 7.18. The van der Waals surface area contributed by atoms with E-state index < -0.39 is 0 Å². The molecule has 3 nitrogen and oxygen atoms in total. The predicted octanol–water partition coefficient (Wildman–Crippen LogP) is 4.79. The fourth-order valence-corrected chi connectivity index (χ4v) is 5.39. The Bertz CT molecular complexity index is 837. The molecule has 0 aliphatic carbocycles. The first kappa shape index (κ1) is 19.5. The second-order valence-electron chi connectivity index (χ2n) is 8.15. The lowest BCUT2D eigenvalue weighted by molar-refractivity contribution is 0.215. The Labute approximate surface area is 173 Å². The van der Waals surface area contributed by atoms with Crippen LogP contribution in [0.2, 0.25) is 0 Å². The molecule has 4 heteroatoms. The Morgan fingerprint density at radius 2 is 1.71 bits per heavy atom. The van der Waals surface area contributed by atoms with E-state index in [-0.39, 0.29) is 5.54 Å². The molecule has 2 aliphatic rings. The molecule has 1 unspecified atom stereocenters. The number of piperazine rings is 1. The fraction of sp³-hybridized carbons (Fsp3) is 0.458. The number of rotatable bonds is 5. The molecule has 0 radical (unpaired) electrons. The summed E-state index contributed by atoms with van der Waals surface area (Å²) in [5.41, 5.74) is 3.98. The summed E-state index contributed by atoms with van der Waals surface area (Å²) >= 11 is 1.94. The molecular weight excluding hydrogens is 362 g/mol. The Balaban J connectivity index is 1.65. The molecule has 1 saturated heterocycles. The molecule has 1 atom stereocenters. The van der Waals surface area contributed by atoms with Crippen LogP contribution in [0.25, 0.3) is 0 Å². The number of amidine groups is 1. The number of aliphatic imine (C=N–C) groups is 1. The third-order valence-electron chi connectivity index (χ3n) is 5.95. The summed E-state index contributed by atoms with van der Waals surface area (Å²) < 4.78 is 0. The van der Waals surface area contributed by atoms with Crippen molar-refractivity contribution in [2.75, 3.05) is 39.0 Å². The van der Waals surface area contributed by atoms with E-state index in [0.29, 0.717) is 0 Å². The molecule has 0 spiro atoms. The monoisotopic (exact) mass is 393 g/mol. The van der Waals surface area contributed by atoms with Crippen molar-refractivity contribution < 1.29 is 0 Å². The minimum atomic E-state index is -0.112. The molecule has 2 aromatic carbocycles. The molecule has 0 bridgehead atoms. The van der Waals surface area contributed by atoms with E-state index in [1.54, 1.807) is 0 Å². The van der Waals surface area contributed by atoms with Crippen LogP contribution in [0.3, 0.4) is 0 Å². The lowest BCUT2D eigenvalue weighted by Gasteiger charge is -2.34. The van der Waals surface area contributed by atoms with Crippen molar-refractivity contribution in [3.8, 4) is 0 Å². The van der Waals surface area contributed by atoms with Crippen molar-refractivity contribution in [2.24, 2.45) is 4.99 Å². The minimum absolute atomic E-state index is 0.112. The first-order valence-electron chi connectivity index (χ1n) is 10.4. The van der Waals surface area contributed by atoms with E-state index in [2.05, 4.69) is 79.2 Å². The third kappa shape index (κ3) is 3.85. The summed E-state index contributed by atoms with van der Waals surface area (Å²) in [6.07, 6.45) is 2.24. The lowest BCUT2D eigenvalue weighted by Crippen LogP contribution is -2.47. The summed E-state index contributed by atoms with van der Waals surface area (Å²) in [7, 11) is 2.21. The number of hydrogen-bond acceptors (Lipinski definition) is 4. The average molecular weight is 394 g/mol. The van der Waals surface area contributed by atoms with Gasteiger partial charge in [-0.2, -0.15) is 0 Å². The molecule has 28 heavy (non-hydrogen) atoms. The molecule has 0 saturated carbocycles. The molecule has 0 aromatic heterocycles. The zero-order valence-electron chi connectivity index (χ0n) is 17.3. The van der Waals surface area contributed by atoms with Crippen molar-refractivity contribution in [1.82, 2.24) is 9.80 Å². The summed E-state index contributed by atoms with van der Waals surface area (Å²) in [5.74, 6) is 2.22. The topological polar surface area (TPSA) is 18.8 Å². The Morgan fingerprint density at radius 1 is 1.00 bits per heavy atom. The number of nitrogens with zero attached hydrogens (tertiary/aromatic N) is 3.